The van der Waals surface area contributed by atoms with Crippen molar-refractivity contribution < 1.29 is 23.8 Å². The molecule has 8 heteroatoms. The first-order chi connectivity index (χ1) is 7.63. The smallest absolute Gasteiger partial charge is 0.465 e. The molecule has 0 aromatic carbocycles. The summed E-state index contributed by atoms with van der Waals surface area (Å²) in [4.78, 5) is 22.3. The van der Waals surface area contributed by atoms with E-state index in [1.165, 1.54) is 26.0 Å². The van der Waals surface area contributed by atoms with Crippen LogP contribution in [-0.2, 0) is 9.47 Å². The van der Waals surface area contributed by atoms with Crippen molar-refractivity contribution in [3.63, 3.8) is 0 Å². The van der Waals surface area contributed by atoms with E-state index in [2.05, 4.69) is 13.8 Å². The maximum Gasteiger partial charge on any atom is 0.514 e. The zero-order chi connectivity index (χ0) is 12.1. The van der Waals surface area contributed by atoms with Crippen molar-refractivity contribution in [1.29, 1.82) is 0 Å². The highest BCUT2D eigenvalue weighted by Gasteiger charge is 2.24. The largest absolute Gasteiger partial charge is 0.514 e. The van der Waals surface area contributed by atoms with E-state index in [0.717, 1.165) is 11.5 Å². The van der Waals surface area contributed by atoms with E-state index in [1.807, 2.05) is 0 Å². The van der Waals surface area contributed by atoms with Crippen LogP contribution in [0.4, 0.5) is 4.79 Å². The Morgan fingerprint density at radius 3 is 2.50 bits per heavy atom. The summed E-state index contributed by atoms with van der Waals surface area (Å²) in [6.45, 7) is 0. The molecule has 16 heavy (non-hydrogen) atoms. The molecular formula is C8H9NO5S2. The van der Waals surface area contributed by atoms with Crippen molar-refractivity contribution in [2.45, 2.75) is 4.21 Å². The zero-order valence-electron chi connectivity index (χ0n) is 8.80. The van der Waals surface area contributed by atoms with Gasteiger partial charge in [-0.3, -0.25) is 0 Å². The van der Waals surface area contributed by atoms with Crippen LogP contribution in [0.2, 0.25) is 0 Å². The third kappa shape index (κ3) is 2.64. The molecule has 6 nitrogen and oxygen atoms in total. The Morgan fingerprint density at radius 1 is 1.31 bits per heavy atom. The predicted octanol–water partition coefficient (Wildman–Crippen LogP) is 1.80. The SMILES string of the molecule is COC(=O)Oc1nsc(SC)c1C(=O)OC. The van der Waals surface area contributed by atoms with Gasteiger partial charge in [-0.25, -0.2) is 9.59 Å². The van der Waals surface area contributed by atoms with Gasteiger partial charge in [0.2, 0.25) is 0 Å². The van der Waals surface area contributed by atoms with Crippen molar-refractivity contribution in [3.05, 3.63) is 5.56 Å². The van der Waals surface area contributed by atoms with Gasteiger partial charge in [-0.2, -0.15) is 4.37 Å². The van der Waals surface area contributed by atoms with Gasteiger partial charge in [0.15, 0.2) is 0 Å². The Balaban J connectivity index is 3.04. The molecule has 88 valence electrons. The van der Waals surface area contributed by atoms with E-state index in [0.29, 0.717) is 4.21 Å². The van der Waals surface area contributed by atoms with Crippen LogP contribution in [-0.4, -0.2) is 37.0 Å². The first-order valence-corrected chi connectivity index (χ1v) is 6.01. The number of ether oxygens (including phenoxy) is 3. The van der Waals surface area contributed by atoms with Crippen LogP contribution in [0.3, 0.4) is 0 Å². The molecule has 0 radical (unpaired) electrons. The van der Waals surface area contributed by atoms with Crippen molar-refractivity contribution in [2.24, 2.45) is 0 Å². The van der Waals surface area contributed by atoms with Gasteiger partial charge < -0.3 is 14.2 Å². The van der Waals surface area contributed by atoms with Gasteiger partial charge in [0.05, 0.1) is 18.4 Å². The molecule has 0 saturated carbocycles. The second-order valence-corrected chi connectivity index (χ2v) is 4.25. The minimum absolute atomic E-state index is 0.0898. The topological polar surface area (TPSA) is 74.7 Å². The van der Waals surface area contributed by atoms with Crippen molar-refractivity contribution >= 4 is 35.4 Å². The average molecular weight is 263 g/mol. The minimum Gasteiger partial charge on any atom is -0.465 e. The lowest BCUT2D eigenvalue weighted by molar-refractivity contribution is 0.0592. The fraction of sp³-hybridized carbons (Fsp3) is 0.375. The zero-order valence-corrected chi connectivity index (χ0v) is 10.4. The molecule has 0 aliphatic rings. The van der Waals surface area contributed by atoms with Crippen LogP contribution < -0.4 is 4.74 Å². The molecule has 0 aliphatic carbocycles. The van der Waals surface area contributed by atoms with Gasteiger partial charge >= 0.3 is 12.1 Å². The molecule has 1 aromatic heterocycles. The molecule has 0 aliphatic heterocycles. The van der Waals surface area contributed by atoms with Crippen LogP contribution >= 0.6 is 23.3 Å². The van der Waals surface area contributed by atoms with Crippen LogP contribution in [0.1, 0.15) is 10.4 Å². The van der Waals surface area contributed by atoms with Gasteiger partial charge in [0.1, 0.15) is 5.56 Å². The van der Waals surface area contributed by atoms with Gasteiger partial charge in [0, 0.05) is 0 Å². The molecule has 0 fully saturated rings. The van der Waals surface area contributed by atoms with Crippen molar-refractivity contribution in [1.82, 2.24) is 4.37 Å². The maximum absolute atomic E-state index is 11.4. The number of rotatable bonds is 3. The molecule has 0 atom stereocenters. The molecule has 1 heterocycles. The van der Waals surface area contributed by atoms with Crippen molar-refractivity contribution in [2.75, 3.05) is 20.5 Å². The van der Waals surface area contributed by atoms with Crippen molar-refractivity contribution in [3.8, 4) is 5.88 Å². The summed E-state index contributed by atoms with van der Waals surface area (Å²) in [7, 11) is 2.41. The quantitative estimate of drug-likeness (QED) is 0.608. The monoisotopic (exact) mass is 263 g/mol. The number of aromatic nitrogens is 1. The molecule has 0 saturated heterocycles. The van der Waals surface area contributed by atoms with Crippen LogP contribution in [0, 0.1) is 0 Å². The van der Waals surface area contributed by atoms with Gasteiger partial charge in [-0.1, -0.05) is 0 Å². The number of carbonyl (C=O) groups excluding carboxylic acids is 2. The molecule has 0 N–H and O–H groups in total. The highest BCUT2D eigenvalue weighted by atomic mass is 32.2. The summed E-state index contributed by atoms with van der Waals surface area (Å²) in [5.74, 6) is -0.690. The van der Waals surface area contributed by atoms with E-state index in [9.17, 15) is 9.59 Å². The Labute approximate surface area is 100 Å². The molecular weight excluding hydrogens is 254 g/mol. The molecule has 0 spiro atoms. The summed E-state index contributed by atoms with van der Waals surface area (Å²) in [5, 5.41) is 0. The normalized spacial score (nSPS) is 9.69. The molecule has 0 unspecified atom stereocenters. The molecule has 1 rings (SSSR count). The summed E-state index contributed by atoms with van der Waals surface area (Å²) < 4.78 is 18.1. The Bertz CT molecular complexity index is 403. The fourth-order valence-corrected chi connectivity index (χ4v) is 2.20. The van der Waals surface area contributed by atoms with E-state index in [4.69, 9.17) is 4.74 Å². The number of hydrogen-bond donors (Lipinski definition) is 0. The summed E-state index contributed by atoms with van der Waals surface area (Å²) in [5.41, 5.74) is 0.144. The number of nitrogens with zero attached hydrogens (tertiary/aromatic N) is 1. The number of thioether (sulfide) groups is 1. The summed E-state index contributed by atoms with van der Waals surface area (Å²) in [6, 6.07) is 0. The maximum atomic E-state index is 11.4. The predicted molar refractivity (Wildman–Crippen MR) is 58.3 cm³/mol. The Morgan fingerprint density at radius 2 is 2.00 bits per heavy atom. The van der Waals surface area contributed by atoms with Gasteiger partial charge in [-0.05, 0) is 17.8 Å². The van der Waals surface area contributed by atoms with Crippen LogP contribution in [0.25, 0.3) is 0 Å². The lowest BCUT2D eigenvalue weighted by atomic mass is 10.3. The fourth-order valence-electron chi connectivity index (χ4n) is 0.864. The van der Waals surface area contributed by atoms with Crippen LogP contribution in [0.5, 0.6) is 5.88 Å². The van der Waals surface area contributed by atoms with Gasteiger partial charge in [-0.15, -0.1) is 11.8 Å². The van der Waals surface area contributed by atoms with E-state index < -0.39 is 12.1 Å². The first-order valence-electron chi connectivity index (χ1n) is 4.01. The Hall–Kier alpha value is -1.28. The minimum atomic E-state index is -0.928. The molecule has 0 bridgehead atoms. The first kappa shape index (κ1) is 12.8. The highest BCUT2D eigenvalue weighted by molar-refractivity contribution is 8.00. The Kier molecular flexibility index (Phi) is 4.56. The van der Waals surface area contributed by atoms with E-state index >= 15 is 0 Å². The third-order valence-electron chi connectivity index (χ3n) is 1.55. The average Bonchev–Trinajstić information content (AvgIpc) is 2.70. The van der Waals surface area contributed by atoms with E-state index in [-0.39, 0.29) is 11.4 Å². The van der Waals surface area contributed by atoms with Crippen LogP contribution in [0.15, 0.2) is 4.21 Å². The molecule has 0 amide bonds. The number of esters is 1. The second-order valence-electron chi connectivity index (χ2n) is 2.40. The lowest BCUT2D eigenvalue weighted by Gasteiger charge is -2.02. The summed E-state index contributed by atoms with van der Waals surface area (Å²) in [6.07, 6.45) is 0.852. The summed E-state index contributed by atoms with van der Waals surface area (Å²) >= 11 is 2.37. The number of hydrogen-bond acceptors (Lipinski definition) is 8. The third-order valence-corrected chi connectivity index (χ3v) is 3.48. The van der Waals surface area contributed by atoms with E-state index in [1.54, 1.807) is 6.26 Å². The standard InChI is InChI=1S/C8H9NO5S2/c1-12-6(10)4-5(14-8(11)13-2)9-16-7(4)15-3/h1-3H3. The second kappa shape index (κ2) is 5.71. The van der Waals surface area contributed by atoms with Gasteiger partial charge in [0.25, 0.3) is 5.88 Å². The lowest BCUT2D eigenvalue weighted by Crippen LogP contribution is -2.11. The number of carbonyl (C=O) groups is 2. The molecule has 1 aromatic rings. The highest BCUT2D eigenvalue weighted by Crippen LogP contribution is 2.33. The number of methoxy groups -OCH3 is 2.